The maximum atomic E-state index is 11.6. The van der Waals surface area contributed by atoms with Gasteiger partial charge in [0.25, 0.3) is 5.91 Å². The van der Waals surface area contributed by atoms with Crippen LogP contribution >= 0.6 is 0 Å². The molecule has 1 unspecified atom stereocenters. The number of carbonyl (C=O) groups is 1. The Kier molecular flexibility index (Phi) is 4.05. The molecule has 0 fully saturated rings. The van der Waals surface area contributed by atoms with E-state index in [9.17, 15) is 9.90 Å². The van der Waals surface area contributed by atoms with Gasteiger partial charge in [0.05, 0.1) is 11.8 Å². The Hall–Kier alpha value is -1.62. The van der Waals surface area contributed by atoms with Gasteiger partial charge in [0.15, 0.2) is 0 Å². The monoisotopic (exact) mass is 209 g/mol. The minimum Gasteiger partial charge on any atom is -0.505 e. The van der Waals surface area contributed by atoms with Crippen LogP contribution in [0.1, 0.15) is 23.7 Å². The highest BCUT2D eigenvalue weighted by molar-refractivity contribution is 5.96. The van der Waals surface area contributed by atoms with E-state index < -0.39 is 0 Å². The molecule has 5 nitrogen and oxygen atoms in total. The zero-order chi connectivity index (χ0) is 11.3. The molecule has 0 spiro atoms. The molecule has 1 atom stereocenters. The van der Waals surface area contributed by atoms with E-state index in [1.807, 2.05) is 6.92 Å². The fraction of sp³-hybridized carbons (Fsp3) is 0.400. The van der Waals surface area contributed by atoms with Crippen LogP contribution in [-0.2, 0) is 0 Å². The summed E-state index contributed by atoms with van der Waals surface area (Å²) in [5.74, 6) is -0.450. The molecule has 0 aromatic carbocycles. The van der Waals surface area contributed by atoms with E-state index in [1.54, 1.807) is 0 Å². The molecule has 82 valence electrons. The number of carbonyl (C=O) groups excluding carboxylic acids is 1. The lowest BCUT2D eigenvalue weighted by Crippen LogP contribution is -2.39. The summed E-state index contributed by atoms with van der Waals surface area (Å²) in [5.41, 5.74) is 5.68. The number of hydrogen-bond acceptors (Lipinski definition) is 4. The average molecular weight is 209 g/mol. The van der Waals surface area contributed by atoms with Crippen LogP contribution in [0.25, 0.3) is 0 Å². The zero-order valence-corrected chi connectivity index (χ0v) is 8.60. The number of rotatable bonds is 4. The van der Waals surface area contributed by atoms with Crippen LogP contribution < -0.4 is 11.1 Å². The average Bonchev–Trinajstić information content (AvgIpc) is 2.26. The van der Waals surface area contributed by atoms with Crippen LogP contribution in [0, 0.1) is 0 Å². The van der Waals surface area contributed by atoms with Crippen LogP contribution in [0.4, 0.5) is 0 Å². The van der Waals surface area contributed by atoms with Crippen LogP contribution in [0.2, 0.25) is 0 Å². The summed E-state index contributed by atoms with van der Waals surface area (Å²) in [5, 5.41) is 12.1. The quantitative estimate of drug-likeness (QED) is 0.663. The smallest absolute Gasteiger partial charge is 0.255 e. The van der Waals surface area contributed by atoms with Crippen molar-refractivity contribution >= 4 is 5.91 Å². The lowest BCUT2D eigenvalue weighted by Gasteiger charge is -2.14. The summed E-state index contributed by atoms with van der Waals surface area (Å²) in [6, 6.07) is 1.40. The van der Waals surface area contributed by atoms with Gasteiger partial charge >= 0.3 is 0 Å². The number of hydrogen-bond donors (Lipinski definition) is 3. The summed E-state index contributed by atoms with van der Waals surface area (Å²) in [6.45, 7) is 2.32. The van der Waals surface area contributed by atoms with E-state index in [1.165, 1.54) is 18.5 Å². The predicted molar refractivity (Wildman–Crippen MR) is 56.5 cm³/mol. The molecule has 1 heterocycles. The maximum absolute atomic E-state index is 11.6. The second-order valence-electron chi connectivity index (χ2n) is 3.21. The largest absolute Gasteiger partial charge is 0.505 e. The fourth-order valence-electron chi connectivity index (χ4n) is 1.17. The third-order valence-electron chi connectivity index (χ3n) is 2.16. The van der Waals surface area contributed by atoms with Crippen LogP contribution in [0.15, 0.2) is 18.5 Å². The molecule has 0 radical (unpaired) electrons. The SMILES string of the molecule is CCC(CN)NC(=O)c1ccncc1O. The molecular weight excluding hydrogens is 194 g/mol. The van der Waals surface area contributed by atoms with Crippen molar-refractivity contribution < 1.29 is 9.90 Å². The van der Waals surface area contributed by atoms with Crippen molar-refractivity contribution in [1.29, 1.82) is 0 Å². The molecule has 0 saturated carbocycles. The topological polar surface area (TPSA) is 88.2 Å². The molecule has 0 saturated heterocycles. The van der Waals surface area contributed by atoms with Crippen molar-refractivity contribution in [2.24, 2.45) is 5.73 Å². The van der Waals surface area contributed by atoms with Gasteiger partial charge in [-0.05, 0) is 12.5 Å². The molecular formula is C10H15N3O2. The van der Waals surface area contributed by atoms with Gasteiger partial charge in [-0.3, -0.25) is 9.78 Å². The van der Waals surface area contributed by atoms with Gasteiger partial charge in [0, 0.05) is 18.8 Å². The Morgan fingerprint density at radius 2 is 2.47 bits per heavy atom. The minimum absolute atomic E-state index is 0.0648. The molecule has 0 bridgehead atoms. The van der Waals surface area contributed by atoms with E-state index in [0.29, 0.717) is 6.54 Å². The highest BCUT2D eigenvalue weighted by atomic mass is 16.3. The summed E-state index contributed by atoms with van der Waals surface area (Å²) >= 11 is 0. The molecule has 1 rings (SSSR count). The van der Waals surface area contributed by atoms with Crippen LogP contribution in [0.5, 0.6) is 5.75 Å². The third kappa shape index (κ3) is 2.92. The molecule has 5 heteroatoms. The van der Waals surface area contributed by atoms with Gasteiger partial charge < -0.3 is 16.2 Å². The van der Waals surface area contributed by atoms with Crippen molar-refractivity contribution in [3.63, 3.8) is 0 Å². The molecule has 0 aliphatic heterocycles. The standard InChI is InChI=1S/C10H15N3O2/c1-2-7(5-11)13-10(15)8-3-4-12-6-9(8)14/h3-4,6-7,14H,2,5,11H2,1H3,(H,13,15). The highest BCUT2D eigenvalue weighted by Crippen LogP contribution is 2.13. The fourth-order valence-corrected chi connectivity index (χ4v) is 1.17. The van der Waals surface area contributed by atoms with E-state index >= 15 is 0 Å². The first-order valence-corrected chi connectivity index (χ1v) is 4.83. The van der Waals surface area contributed by atoms with Gasteiger partial charge in [0.1, 0.15) is 5.75 Å². The molecule has 1 aromatic heterocycles. The van der Waals surface area contributed by atoms with Crippen molar-refractivity contribution in [3.05, 3.63) is 24.0 Å². The number of aromatic nitrogens is 1. The second kappa shape index (κ2) is 5.31. The van der Waals surface area contributed by atoms with E-state index in [-0.39, 0.29) is 23.3 Å². The van der Waals surface area contributed by atoms with Gasteiger partial charge in [0.2, 0.25) is 0 Å². The summed E-state index contributed by atoms with van der Waals surface area (Å²) < 4.78 is 0. The highest BCUT2D eigenvalue weighted by Gasteiger charge is 2.13. The molecule has 0 aliphatic carbocycles. The first-order valence-electron chi connectivity index (χ1n) is 4.83. The molecule has 4 N–H and O–H groups in total. The van der Waals surface area contributed by atoms with E-state index in [0.717, 1.165) is 6.42 Å². The molecule has 1 aromatic rings. The minimum atomic E-state index is -0.327. The predicted octanol–water partition coefficient (Wildman–Crippen LogP) is 0.254. The first kappa shape index (κ1) is 11.5. The summed E-state index contributed by atoms with van der Waals surface area (Å²) in [6.07, 6.45) is 3.45. The molecule has 0 aliphatic rings. The van der Waals surface area contributed by atoms with Crippen molar-refractivity contribution in [3.8, 4) is 5.75 Å². The van der Waals surface area contributed by atoms with Gasteiger partial charge in [-0.1, -0.05) is 6.92 Å². The number of nitrogens with two attached hydrogens (primary N) is 1. The maximum Gasteiger partial charge on any atom is 0.255 e. The van der Waals surface area contributed by atoms with Crippen molar-refractivity contribution in [2.45, 2.75) is 19.4 Å². The number of nitrogens with zero attached hydrogens (tertiary/aromatic N) is 1. The lowest BCUT2D eigenvalue weighted by molar-refractivity contribution is 0.0934. The van der Waals surface area contributed by atoms with E-state index in [4.69, 9.17) is 5.73 Å². The molecule has 15 heavy (non-hydrogen) atoms. The Balaban J connectivity index is 2.73. The third-order valence-corrected chi connectivity index (χ3v) is 2.16. The Morgan fingerprint density at radius 1 is 1.73 bits per heavy atom. The number of pyridine rings is 1. The Morgan fingerprint density at radius 3 is 3.00 bits per heavy atom. The van der Waals surface area contributed by atoms with Crippen molar-refractivity contribution in [1.82, 2.24) is 10.3 Å². The second-order valence-corrected chi connectivity index (χ2v) is 3.21. The lowest BCUT2D eigenvalue weighted by atomic mass is 10.2. The van der Waals surface area contributed by atoms with Gasteiger partial charge in [-0.25, -0.2) is 0 Å². The normalized spacial score (nSPS) is 12.1. The molecule has 1 amide bonds. The Labute approximate surface area is 88.3 Å². The first-order chi connectivity index (χ1) is 7.19. The summed E-state index contributed by atoms with van der Waals surface area (Å²) in [7, 11) is 0. The van der Waals surface area contributed by atoms with Crippen LogP contribution in [0.3, 0.4) is 0 Å². The number of amides is 1. The number of aromatic hydroxyl groups is 1. The summed E-state index contributed by atoms with van der Waals surface area (Å²) in [4.78, 5) is 15.3. The zero-order valence-electron chi connectivity index (χ0n) is 8.60. The van der Waals surface area contributed by atoms with Crippen molar-refractivity contribution in [2.75, 3.05) is 6.54 Å². The van der Waals surface area contributed by atoms with E-state index in [2.05, 4.69) is 10.3 Å². The van der Waals surface area contributed by atoms with Crippen LogP contribution in [-0.4, -0.2) is 28.6 Å². The number of nitrogens with one attached hydrogen (secondary N) is 1. The Bertz CT molecular complexity index is 337. The van der Waals surface area contributed by atoms with Gasteiger partial charge in [-0.2, -0.15) is 0 Å². The van der Waals surface area contributed by atoms with Gasteiger partial charge in [-0.15, -0.1) is 0 Å².